The van der Waals surface area contributed by atoms with E-state index >= 15 is 0 Å². The van der Waals surface area contributed by atoms with Crippen LogP contribution >= 0.6 is 11.8 Å². The number of rotatable bonds is 7. The van der Waals surface area contributed by atoms with Crippen LogP contribution in [0.4, 0.5) is 5.69 Å². The number of amides is 1. The largest absolute Gasteiger partial charge is 0.497 e. The van der Waals surface area contributed by atoms with Crippen LogP contribution in [0.2, 0.25) is 0 Å². The van der Waals surface area contributed by atoms with Gasteiger partial charge in [-0.15, -0.1) is 11.8 Å². The first-order valence-electron chi connectivity index (χ1n) is 9.68. The van der Waals surface area contributed by atoms with Crippen molar-refractivity contribution in [1.82, 2.24) is 4.90 Å². The highest BCUT2D eigenvalue weighted by molar-refractivity contribution is 7.98. The summed E-state index contributed by atoms with van der Waals surface area (Å²) < 4.78 is 5.23. The van der Waals surface area contributed by atoms with Crippen molar-refractivity contribution in [3.05, 3.63) is 54.1 Å². The van der Waals surface area contributed by atoms with Gasteiger partial charge in [-0.1, -0.05) is 12.1 Å². The molecule has 1 N–H and O–H groups in total. The predicted octanol–water partition coefficient (Wildman–Crippen LogP) is 1.78. The van der Waals surface area contributed by atoms with E-state index < -0.39 is 0 Å². The van der Waals surface area contributed by atoms with Gasteiger partial charge in [-0.2, -0.15) is 0 Å². The lowest BCUT2D eigenvalue weighted by molar-refractivity contribution is -0.892. The molecular weight excluding hydrogens is 370 g/mol. The number of carbonyl (C=O) groups is 1. The quantitative estimate of drug-likeness (QED) is 0.719. The summed E-state index contributed by atoms with van der Waals surface area (Å²) in [6.07, 6.45) is 2.07. The minimum absolute atomic E-state index is 0.210. The number of nitrogens with zero attached hydrogens (tertiary/aromatic N) is 2. The third-order valence-corrected chi connectivity index (χ3v) is 6.06. The summed E-state index contributed by atoms with van der Waals surface area (Å²) in [5.41, 5.74) is 2.39. The molecule has 5 nitrogen and oxygen atoms in total. The fourth-order valence-corrected chi connectivity index (χ4v) is 3.90. The molecule has 6 heteroatoms. The molecule has 0 aliphatic carbocycles. The second-order valence-electron chi connectivity index (χ2n) is 7.21. The maximum absolute atomic E-state index is 12.6. The molecule has 0 radical (unpaired) electrons. The van der Waals surface area contributed by atoms with Crippen molar-refractivity contribution in [3.63, 3.8) is 0 Å². The number of ether oxygens (including phenoxy) is 1. The summed E-state index contributed by atoms with van der Waals surface area (Å²) >= 11 is 1.73. The van der Waals surface area contributed by atoms with Crippen molar-refractivity contribution in [3.8, 4) is 5.75 Å². The van der Waals surface area contributed by atoms with E-state index in [0.29, 0.717) is 13.1 Å². The zero-order valence-electron chi connectivity index (χ0n) is 17.0. The number of hydrogen-bond donors (Lipinski definition) is 1. The lowest BCUT2D eigenvalue weighted by Crippen LogP contribution is -3.15. The van der Waals surface area contributed by atoms with E-state index in [-0.39, 0.29) is 5.91 Å². The second-order valence-corrected chi connectivity index (χ2v) is 8.09. The molecular formula is C22H30N3O2S+. The average molecular weight is 401 g/mol. The molecule has 2 aromatic carbocycles. The predicted molar refractivity (Wildman–Crippen MR) is 115 cm³/mol. The Hall–Kier alpha value is -2.18. The summed E-state index contributed by atoms with van der Waals surface area (Å²) in [6.45, 7) is 5.13. The number of quaternary nitrogens is 1. The Bertz CT molecular complexity index is 756. The Balaban J connectivity index is 1.45. The lowest BCUT2D eigenvalue weighted by Gasteiger charge is -2.34. The normalized spacial score (nSPS) is 14.8. The van der Waals surface area contributed by atoms with Crippen LogP contribution in [0.15, 0.2) is 53.4 Å². The summed E-state index contributed by atoms with van der Waals surface area (Å²) in [5, 5.41) is 0. The molecule has 28 heavy (non-hydrogen) atoms. The molecule has 0 atom stereocenters. The van der Waals surface area contributed by atoms with Gasteiger partial charge in [0.15, 0.2) is 6.54 Å². The molecule has 1 aliphatic heterocycles. The Morgan fingerprint density at radius 2 is 1.75 bits per heavy atom. The van der Waals surface area contributed by atoms with Gasteiger partial charge in [0.25, 0.3) is 5.91 Å². The van der Waals surface area contributed by atoms with Crippen molar-refractivity contribution in [2.45, 2.75) is 11.4 Å². The molecule has 1 aliphatic rings. The van der Waals surface area contributed by atoms with Gasteiger partial charge < -0.3 is 19.4 Å². The maximum Gasteiger partial charge on any atom is 0.277 e. The SMILES string of the molecule is COc1ccc(N2CC[NH+](CC(=O)N(C)Cc3ccc(SC)cc3)CC2)cc1. The number of benzene rings is 2. The molecule has 1 saturated heterocycles. The van der Waals surface area contributed by atoms with Gasteiger partial charge in [-0.25, -0.2) is 0 Å². The van der Waals surface area contributed by atoms with Crippen LogP contribution < -0.4 is 14.5 Å². The van der Waals surface area contributed by atoms with E-state index in [1.165, 1.54) is 21.0 Å². The van der Waals surface area contributed by atoms with Crippen LogP contribution in [0.5, 0.6) is 5.75 Å². The fraction of sp³-hybridized carbons (Fsp3) is 0.409. The zero-order valence-corrected chi connectivity index (χ0v) is 17.8. The van der Waals surface area contributed by atoms with E-state index in [1.807, 2.05) is 24.1 Å². The number of hydrogen-bond acceptors (Lipinski definition) is 4. The molecule has 0 bridgehead atoms. The first kappa shape index (κ1) is 20.6. The highest BCUT2D eigenvalue weighted by atomic mass is 32.2. The van der Waals surface area contributed by atoms with Crippen molar-refractivity contribution in [1.29, 1.82) is 0 Å². The summed E-state index contributed by atoms with van der Waals surface area (Å²) in [7, 11) is 3.59. The molecule has 0 aromatic heterocycles. The zero-order chi connectivity index (χ0) is 19.9. The van der Waals surface area contributed by atoms with Crippen LogP contribution in [0.3, 0.4) is 0 Å². The van der Waals surface area contributed by atoms with Gasteiger partial charge >= 0.3 is 0 Å². The monoisotopic (exact) mass is 400 g/mol. The molecule has 0 saturated carbocycles. The second kappa shape index (κ2) is 9.85. The van der Waals surface area contributed by atoms with Crippen LogP contribution in [0.1, 0.15) is 5.56 Å². The highest BCUT2D eigenvalue weighted by Crippen LogP contribution is 2.19. The maximum atomic E-state index is 12.6. The van der Waals surface area contributed by atoms with Crippen LogP contribution in [-0.2, 0) is 11.3 Å². The molecule has 150 valence electrons. The molecule has 1 amide bonds. The van der Waals surface area contributed by atoms with Crippen molar-refractivity contribution < 1.29 is 14.4 Å². The third-order valence-electron chi connectivity index (χ3n) is 5.31. The minimum atomic E-state index is 0.210. The van der Waals surface area contributed by atoms with Gasteiger partial charge in [-0.05, 0) is 48.2 Å². The van der Waals surface area contributed by atoms with Gasteiger partial charge in [0, 0.05) is 24.2 Å². The molecule has 1 heterocycles. The molecule has 0 unspecified atom stereocenters. The molecule has 0 spiro atoms. The Morgan fingerprint density at radius 3 is 2.32 bits per heavy atom. The first-order chi connectivity index (χ1) is 13.6. The van der Waals surface area contributed by atoms with Crippen LogP contribution in [-0.4, -0.2) is 63.9 Å². The Labute approximate surface area is 172 Å². The van der Waals surface area contributed by atoms with E-state index in [9.17, 15) is 4.79 Å². The number of thioether (sulfide) groups is 1. The number of piperazine rings is 1. The van der Waals surface area contributed by atoms with Crippen molar-refractivity contribution >= 4 is 23.4 Å². The van der Waals surface area contributed by atoms with Gasteiger partial charge in [-0.3, -0.25) is 4.79 Å². The fourth-order valence-electron chi connectivity index (χ4n) is 3.49. The smallest absolute Gasteiger partial charge is 0.277 e. The van der Waals surface area contributed by atoms with E-state index in [2.05, 4.69) is 47.6 Å². The van der Waals surface area contributed by atoms with Crippen molar-refractivity contribution in [2.24, 2.45) is 0 Å². The minimum Gasteiger partial charge on any atom is -0.497 e. The Morgan fingerprint density at radius 1 is 1.11 bits per heavy atom. The molecule has 1 fully saturated rings. The van der Waals surface area contributed by atoms with E-state index in [0.717, 1.165) is 31.9 Å². The lowest BCUT2D eigenvalue weighted by atomic mass is 10.2. The standard InChI is InChI=1S/C22H29N3O2S/c1-23(16-18-4-10-21(28-3)11-5-18)22(26)17-24-12-14-25(15-13-24)19-6-8-20(27-2)9-7-19/h4-11H,12-17H2,1-3H3/p+1. The van der Waals surface area contributed by atoms with Gasteiger partial charge in [0.1, 0.15) is 5.75 Å². The van der Waals surface area contributed by atoms with Gasteiger partial charge in [0.05, 0.1) is 33.3 Å². The number of likely N-dealkylation sites (N-methyl/N-ethyl adjacent to an activating group) is 1. The van der Waals surface area contributed by atoms with Crippen LogP contribution in [0.25, 0.3) is 0 Å². The summed E-state index contributed by atoms with van der Waals surface area (Å²) in [4.78, 5) is 19.5. The number of methoxy groups -OCH3 is 1. The average Bonchev–Trinajstić information content (AvgIpc) is 2.75. The topological polar surface area (TPSA) is 37.2 Å². The molecule has 2 aromatic rings. The van der Waals surface area contributed by atoms with Crippen molar-refractivity contribution in [2.75, 3.05) is 58.0 Å². The third kappa shape index (κ3) is 5.42. The Kier molecular flexibility index (Phi) is 7.23. The van der Waals surface area contributed by atoms with Gasteiger partial charge in [0.2, 0.25) is 0 Å². The molecule has 3 rings (SSSR count). The van der Waals surface area contributed by atoms with E-state index in [1.54, 1.807) is 18.9 Å². The number of carbonyl (C=O) groups excluding carboxylic acids is 1. The number of nitrogens with one attached hydrogen (secondary N) is 1. The highest BCUT2D eigenvalue weighted by Gasteiger charge is 2.23. The first-order valence-corrected chi connectivity index (χ1v) is 10.9. The van der Waals surface area contributed by atoms with E-state index in [4.69, 9.17) is 4.74 Å². The summed E-state index contributed by atoms with van der Waals surface area (Å²) in [5.74, 6) is 1.09. The number of anilines is 1. The van der Waals surface area contributed by atoms with Crippen LogP contribution in [0, 0.1) is 0 Å². The summed E-state index contributed by atoms with van der Waals surface area (Å²) in [6, 6.07) is 16.6.